The maximum atomic E-state index is 13.8. The largest absolute Gasteiger partial charge is 0.378 e. The number of anilines is 1. The molecule has 0 aliphatic carbocycles. The molecule has 0 fully saturated rings. The van der Waals surface area contributed by atoms with Gasteiger partial charge in [-0.1, -0.05) is 6.92 Å². The molecule has 2 aromatic carbocycles. The van der Waals surface area contributed by atoms with Crippen molar-refractivity contribution < 1.29 is 8.78 Å². The lowest BCUT2D eigenvalue weighted by Crippen LogP contribution is -2.07. The molecule has 0 amide bonds. The topological polar surface area (TPSA) is 28.0 Å². The monoisotopic (exact) mass is 289 g/mol. The Morgan fingerprint density at radius 2 is 1.52 bits per heavy atom. The molecule has 0 aliphatic rings. The van der Waals surface area contributed by atoms with E-state index in [0.717, 1.165) is 5.69 Å². The Balaban J connectivity index is 2.25. The maximum Gasteiger partial charge on any atom is 0.157 e. The molecular formula is C16H17F2N3. The van der Waals surface area contributed by atoms with Crippen LogP contribution in [0.5, 0.6) is 0 Å². The van der Waals surface area contributed by atoms with Gasteiger partial charge in [0.15, 0.2) is 17.3 Å². The minimum Gasteiger partial charge on any atom is -0.378 e. The van der Waals surface area contributed by atoms with Gasteiger partial charge in [-0.05, 0) is 48.4 Å². The molecule has 0 unspecified atom stereocenters. The zero-order chi connectivity index (χ0) is 15.4. The molecule has 21 heavy (non-hydrogen) atoms. The first kappa shape index (κ1) is 15.1. The lowest BCUT2D eigenvalue weighted by molar-refractivity contribution is 0.582. The van der Waals surface area contributed by atoms with E-state index in [1.807, 2.05) is 38.1 Å². The Kier molecular flexibility index (Phi) is 4.62. The summed E-state index contributed by atoms with van der Waals surface area (Å²) in [6.07, 6.45) is 0.567. The van der Waals surface area contributed by atoms with Gasteiger partial charge in [-0.25, -0.2) is 8.78 Å². The van der Waals surface area contributed by atoms with Crippen LogP contribution in [-0.2, 0) is 6.42 Å². The van der Waals surface area contributed by atoms with Crippen LogP contribution in [0, 0.1) is 11.6 Å². The highest BCUT2D eigenvalue weighted by atomic mass is 19.1. The number of benzene rings is 2. The Bertz CT molecular complexity index is 626. The van der Waals surface area contributed by atoms with Crippen molar-refractivity contribution in [2.75, 3.05) is 19.0 Å². The predicted molar refractivity (Wildman–Crippen MR) is 80.7 cm³/mol. The summed E-state index contributed by atoms with van der Waals surface area (Å²) in [6.45, 7) is 1.84. The molecule has 3 nitrogen and oxygen atoms in total. The first-order valence-electron chi connectivity index (χ1n) is 6.68. The van der Waals surface area contributed by atoms with Gasteiger partial charge in [0.05, 0.1) is 5.69 Å². The second-order valence-electron chi connectivity index (χ2n) is 4.87. The summed E-state index contributed by atoms with van der Waals surface area (Å²) >= 11 is 0. The molecule has 0 heterocycles. The predicted octanol–water partition coefficient (Wildman–Crippen LogP) is 5.01. The van der Waals surface area contributed by atoms with Gasteiger partial charge < -0.3 is 4.90 Å². The van der Waals surface area contributed by atoms with Gasteiger partial charge in [0.1, 0.15) is 0 Å². The van der Waals surface area contributed by atoms with Crippen molar-refractivity contribution in [3.8, 4) is 0 Å². The molecular weight excluding hydrogens is 272 g/mol. The van der Waals surface area contributed by atoms with E-state index < -0.39 is 11.6 Å². The Hall–Kier alpha value is -2.30. The highest BCUT2D eigenvalue weighted by molar-refractivity contribution is 5.52. The van der Waals surface area contributed by atoms with E-state index in [1.54, 1.807) is 12.1 Å². The molecule has 0 saturated heterocycles. The molecule has 0 N–H and O–H groups in total. The number of hydrogen-bond donors (Lipinski definition) is 0. The van der Waals surface area contributed by atoms with Crippen molar-refractivity contribution in [1.29, 1.82) is 0 Å². The fourth-order valence-corrected chi connectivity index (χ4v) is 1.84. The zero-order valence-electron chi connectivity index (χ0n) is 12.3. The van der Waals surface area contributed by atoms with Crippen LogP contribution >= 0.6 is 0 Å². The van der Waals surface area contributed by atoms with E-state index in [0.29, 0.717) is 17.7 Å². The van der Waals surface area contributed by atoms with Crippen molar-refractivity contribution in [3.63, 3.8) is 0 Å². The van der Waals surface area contributed by atoms with Gasteiger partial charge in [-0.2, -0.15) is 5.11 Å². The molecule has 0 aliphatic heterocycles. The summed E-state index contributed by atoms with van der Waals surface area (Å²) in [5, 5.41) is 7.57. The average Bonchev–Trinajstić information content (AvgIpc) is 2.46. The Labute approximate surface area is 122 Å². The van der Waals surface area contributed by atoms with Gasteiger partial charge in [0.25, 0.3) is 0 Å². The molecule has 0 bridgehead atoms. The number of azo groups is 1. The minimum atomic E-state index is -0.694. The average molecular weight is 289 g/mol. The van der Waals surface area contributed by atoms with Crippen molar-refractivity contribution in [3.05, 3.63) is 53.6 Å². The lowest BCUT2D eigenvalue weighted by atomic mass is 10.1. The second-order valence-corrected chi connectivity index (χ2v) is 4.87. The lowest BCUT2D eigenvalue weighted by Gasteiger charge is -2.11. The third kappa shape index (κ3) is 3.62. The van der Waals surface area contributed by atoms with Gasteiger partial charge in [0, 0.05) is 19.8 Å². The summed E-state index contributed by atoms with van der Waals surface area (Å²) in [4.78, 5) is 1.95. The number of hydrogen-bond acceptors (Lipinski definition) is 3. The molecule has 0 spiro atoms. The van der Waals surface area contributed by atoms with E-state index in [2.05, 4.69) is 10.2 Å². The molecule has 0 saturated carbocycles. The summed E-state index contributed by atoms with van der Waals surface area (Å²) in [6, 6.07) is 9.78. The number of halogens is 2. The highest BCUT2D eigenvalue weighted by Gasteiger charge is 2.10. The molecule has 2 rings (SSSR count). The molecule has 0 aromatic heterocycles. The molecule has 0 atom stereocenters. The van der Waals surface area contributed by atoms with Crippen molar-refractivity contribution >= 4 is 17.1 Å². The second kappa shape index (κ2) is 6.43. The third-order valence-corrected chi connectivity index (χ3v) is 3.12. The normalized spacial score (nSPS) is 11.1. The van der Waals surface area contributed by atoms with Crippen molar-refractivity contribution in [1.82, 2.24) is 0 Å². The number of aryl methyl sites for hydroxylation is 1. The summed E-state index contributed by atoms with van der Waals surface area (Å²) in [5.74, 6) is -1.39. The Morgan fingerprint density at radius 3 is 2.00 bits per heavy atom. The smallest absolute Gasteiger partial charge is 0.157 e. The van der Waals surface area contributed by atoms with Crippen LogP contribution in [0.2, 0.25) is 0 Å². The van der Waals surface area contributed by atoms with Crippen LogP contribution in [0.25, 0.3) is 0 Å². The third-order valence-electron chi connectivity index (χ3n) is 3.12. The number of rotatable bonds is 4. The first-order chi connectivity index (χ1) is 10.0. The molecule has 2 aromatic rings. The van der Waals surface area contributed by atoms with E-state index in [1.165, 1.54) is 12.1 Å². The zero-order valence-corrected chi connectivity index (χ0v) is 12.3. The van der Waals surface area contributed by atoms with E-state index >= 15 is 0 Å². The fraction of sp³-hybridized carbons (Fsp3) is 0.250. The van der Waals surface area contributed by atoms with Crippen LogP contribution in [0.4, 0.5) is 25.8 Å². The van der Waals surface area contributed by atoms with E-state index in [4.69, 9.17) is 0 Å². The standard InChI is InChI=1S/C16H17F2N3/c1-4-11-9-14(17)16(15(18)10-11)20-19-12-5-7-13(8-6-12)21(2)3/h5-10H,4H2,1-3H3. The van der Waals surface area contributed by atoms with Gasteiger partial charge in [-0.15, -0.1) is 5.11 Å². The van der Waals surface area contributed by atoms with E-state index in [-0.39, 0.29) is 5.69 Å². The van der Waals surface area contributed by atoms with Crippen LogP contribution < -0.4 is 4.90 Å². The summed E-state index contributed by atoms with van der Waals surface area (Å²) in [7, 11) is 3.85. The SMILES string of the molecule is CCc1cc(F)c(N=Nc2ccc(N(C)C)cc2)c(F)c1. The van der Waals surface area contributed by atoms with Gasteiger partial charge >= 0.3 is 0 Å². The highest BCUT2D eigenvalue weighted by Crippen LogP contribution is 2.27. The van der Waals surface area contributed by atoms with E-state index in [9.17, 15) is 8.78 Å². The Morgan fingerprint density at radius 1 is 0.952 bits per heavy atom. The van der Waals surface area contributed by atoms with Crippen LogP contribution in [0.3, 0.4) is 0 Å². The molecule has 110 valence electrons. The minimum absolute atomic E-state index is 0.358. The summed E-state index contributed by atoms with van der Waals surface area (Å²) < 4.78 is 27.5. The maximum absolute atomic E-state index is 13.8. The fourth-order valence-electron chi connectivity index (χ4n) is 1.84. The van der Waals surface area contributed by atoms with Crippen molar-refractivity contribution in [2.45, 2.75) is 13.3 Å². The molecule has 0 radical (unpaired) electrons. The van der Waals surface area contributed by atoms with Crippen molar-refractivity contribution in [2.24, 2.45) is 10.2 Å². The van der Waals surface area contributed by atoms with Crippen LogP contribution in [0.15, 0.2) is 46.6 Å². The quantitative estimate of drug-likeness (QED) is 0.727. The van der Waals surface area contributed by atoms with Gasteiger partial charge in [-0.3, -0.25) is 0 Å². The number of nitrogens with zero attached hydrogens (tertiary/aromatic N) is 3. The van der Waals surface area contributed by atoms with Crippen LogP contribution in [0.1, 0.15) is 12.5 Å². The van der Waals surface area contributed by atoms with Gasteiger partial charge in [0.2, 0.25) is 0 Å². The molecule has 5 heteroatoms. The first-order valence-corrected chi connectivity index (χ1v) is 6.68. The summed E-state index contributed by atoms with van der Waals surface area (Å²) in [5.41, 5.74) is 1.79. The van der Waals surface area contributed by atoms with Crippen LogP contribution in [-0.4, -0.2) is 14.1 Å².